The van der Waals surface area contributed by atoms with Crippen LogP contribution >= 0.6 is 0 Å². The van der Waals surface area contributed by atoms with Crippen molar-refractivity contribution in [3.05, 3.63) is 53.8 Å². The smallest absolute Gasteiger partial charge is 0.196 e. The van der Waals surface area contributed by atoms with Crippen molar-refractivity contribution < 1.29 is 9.21 Å². The number of anilines is 1. The van der Waals surface area contributed by atoms with E-state index in [1.165, 1.54) is 12.5 Å². The van der Waals surface area contributed by atoms with Crippen LogP contribution in [0.4, 0.5) is 5.88 Å². The van der Waals surface area contributed by atoms with Crippen molar-refractivity contribution in [2.24, 2.45) is 0 Å². The monoisotopic (exact) mass is 243 g/mol. The summed E-state index contributed by atoms with van der Waals surface area (Å²) >= 11 is 0. The minimum absolute atomic E-state index is 0.0444. The van der Waals surface area contributed by atoms with E-state index < -0.39 is 0 Å². The largest absolute Gasteiger partial charge is 0.437 e. The van der Waals surface area contributed by atoms with Crippen molar-refractivity contribution in [2.45, 2.75) is 20.4 Å². The number of benzene rings is 1. The summed E-state index contributed by atoms with van der Waals surface area (Å²) in [6, 6.07) is 13.8. The van der Waals surface area contributed by atoms with Gasteiger partial charge in [0.1, 0.15) is 0 Å². The van der Waals surface area contributed by atoms with Crippen molar-refractivity contribution in [1.29, 1.82) is 0 Å². The van der Waals surface area contributed by atoms with E-state index in [4.69, 9.17) is 4.42 Å². The number of Topliss-reactive ketones (excluding diaryl/α,β-unsaturated/α-hetero) is 1. The maximum atomic E-state index is 11.2. The third kappa shape index (κ3) is 2.80. The third-order valence-electron chi connectivity index (χ3n) is 2.85. The molecule has 0 aliphatic rings. The van der Waals surface area contributed by atoms with Gasteiger partial charge in [-0.05, 0) is 18.6 Å². The summed E-state index contributed by atoms with van der Waals surface area (Å²) in [5, 5.41) is 0. The van der Waals surface area contributed by atoms with Gasteiger partial charge in [-0.15, -0.1) is 0 Å². The van der Waals surface area contributed by atoms with Gasteiger partial charge < -0.3 is 9.32 Å². The summed E-state index contributed by atoms with van der Waals surface area (Å²) in [7, 11) is 0. The molecule has 3 nitrogen and oxygen atoms in total. The molecule has 0 fully saturated rings. The van der Waals surface area contributed by atoms with Gasteiger partial charge in [0.05, 0.1) is 0 Å². The Morgan fingerprint density at radius 3 is 2.44 bits per heavy atom. The number of hydrogen-bond donors (Lipinski definition) is 0. The van der Waals surface area contributed by atoms with Gasteiger partial charge in [-0.25, -0.2) is 0 Å². The Bertz CT molecular complexity index is 516. The minimum Gasteiger partial charge on any atom is -0.437 e. The molecule has 1 aromatic carbocycles. The van der Waals surface area contributed by atoms with E-state index in [-0.39, 0.29) is 5.78 Å². The second-order valence-corrected chi connectivity index (χ2v) is 4.19. The molecule has 0 atom stereocenters. The normalized spacial score (nSPS) is 10.3. The van der Waals surface area contributed by atoms with Crippen LogP contribution in [0.15, 0.2) is 46.9 Å². The van der Waals surface area contributed by atoms with Gasteiger partial charge in [-0.2, -0.15) is 0 Å². The second-order valence-electron chi connectivity index (χ2n) is 4.19. The first-order valence-electron chi connectivity index (χ1n) is 6.10. The molecule has 0 N–H and O–H groups in total. The molecule has 0 aliphatic heterocycles. The molecule has 3 heteroatoms. The molecule has 0 amide bonds. The maximum absolute atomic E-state index is 11.2. The Hall–Kier alpha value is -2.03. The van der Waals surface area contributed by atoms with Crippen LogP contribution in [0.2, 0.25) is 0 Å². The average molecular weight is 243 g/mol. The first kappa shape index (κ1) is 12.4. The quantitative estimate of drug-likeness (QED) is 0.753. The summed E-state index contributed by atoms with van der Waals surface area (Å²) in [6.07, 6.45) is 0. The molecule has 1 heterocycles. The van der Waals surface area contributed by atoms with Gasteiger partial charge in [0.15, 0.2) is 17.4 Å². The van der Waals surface area contributed by atoms with Crippen LogP contribution < -0.4 is 4.90 Å². The van der Waals surface area contributed by atoms with Crippen molar-refractivity contribution in [3.8, 4) is 0 Å². The van der Waals surface area contributed by atoms with E-state index in [0.29, 0.717) is 5.76 Å². The molecular formula is C15H17NO2. The highest BCUT2D eigenvalue weighted by Gasteiger charge is 2.11. The number of furan rings is 1. The predicted molar refractivity (Wildman–Crippen MR) is 71.9 cm³/mol. The van der Waals surface area contributed by atoms with Crippen LogP contribution in [-0.2, 0) is 6.54 Å². The second kappa shape index (κ2) is 5.54. The molecule has 0 unspecified atom stereocenters. The SMILES string of the molecule is CCN(Cc1ccccc1)c1ccc(C(C)=O)o1. The van der Waals surface area contributed by atoms with Crippen LogP contribution in [0.3, 0.4) is 0 Å². The van der Waals surface area contributed by atoms with Gasteiger partial charge in [0.25, 0.3) is 0 Å². The lowest BCUT2D eigenvalue weighted by Gasteiger charge is -2.19. The first-order valence-corrected chi connectivity index (χ1v) is 6.10. The Labute approximate surface area is 107 Å². The average Bonchev–Trinajstić information content (AvgIpc) is 2.87. The van der Waals surface area contributed by atoms with Crippen LogP contribution in [0.1, 0.15) is 30.0 Å². The number of ketones is 1. The molecule has 18 heavy (non-hydrogen) atoms. The van der Waals surface area contributed by atoms with Crippen molar-refractivity contribution in [1.82, 2.24) is 0 Å². The highest BCUT2D eigenvalue weighted by atomic mass is 16.4. The van der Waals surface area contributed by atoms with E-state index >= 15 is 0 Å². The fourth-order valence-electron chi connectivity index (χ4n) is 1.84. The summed E-state index contributed by atoms with van der Waals surface area (Å²) in [6.45, 7) is 5.19. The molecule has 2 rings (SSSR count). The summed E-state index contributed by atoms with van der Waals surface area (Å²) in [5.74, 6) is 1.11. The van der Waals surface area contributed by atoms with E-state index in [1.807, 2.05) is 24.3 Å². The molecule has 0 saturated carbocycles. The van der Waals surface area contributed by atoms with E-state index in [9.17, 15) is 4.79 Å². The minimum atomic E-state index is -0.0444. The zero-order valence-electron chi connectivity index (χ0n) is 10.7. The Balaban J connectivity index is 2.15. The summed E-state index contributed by atoms with van der Waals surface area (Å²) < 4.78 is 5.55. The van der Waals surface area contributed by atoms with Gasteiger partial charge in [-0.1, -0.05) is 30.3 Å². The van der Waals surface area contributed by atoms with E-state index in [2.05, 4.69) is 24.0 Å². The number of rotatable bonds is 5. The molecule has 0 bridgehead atoms. The highest BCUT2D eigenvalue weighted by molar-refractivity contribution is 5.91. The zero-order chi connectivity index (χ0) is 13.0. The van der Waals surface area contributed by atoms with Gasteiger partial charge in [0.2, 0.25) is 0 Å². The highest BCUT2D eigenvalue weighted by Crippen LogP contribution is 2.20. The lowest BCUT2D eigenvalue weighted by Crippen LogP contribution is -2.21. The fraction of sp³-hybridized carbons (Fsp3) is 0.267. The third-order valence-corrected chi connectivity index (χ3v) is 2.85. The lowest BCUT2D eigenvalue weighted by molar-refractivity contribution is 0.0987. The van der Waals surface area contributed by atoms with Crippen LogP contribution in [0.5, 0.6) is 0 Å². The summed E-state index contributed by atoms with van der Waals surface area (Å²) in [4.78, 5) is 13.3. The van der Waals surface area contributed by atoms with Crippen LogP contribution in [-0.4, -0.2) is 12.3 Å². The zero-order valence-corrected chi connectivity index (χ0v) is 10.7. The molecule has 0 radical (unpaired) electrons. The molecule has 0 spiro atoms. The van der Waals surface area contributed by atoms with Crippen LogP contribution in [0, 0.1) is 0 Å². The number of carbonyl (C=O) groups is 1. The molecular weight excluding hydrogens is 226 g/mol. The Morgan fingerprint density at radius 1 is 1.17 bits per heavy atom. The summed E-state index contributed by atoms with van der Waals surface area (Å²) in [5.41, 5.74) is 1.22. The molecule has 2 aromatic rings. The van der Waals surface area contributed by atoms with Gasteiger partial charge >= 0.3 is 0 Å². The van der Waals surface area contributed by atoms with Crippen LogP contribution in [0.25, 0.3) is 0 Å². The topological polar surface area (TPSA) is 33.5 Å². The molecule has 0 saturated heterocycles. The number of hydrogen-bond acceptors (Lipinski definition) is 3. The maximum Gasteiger partial charge on any atom is 0.196 e. The van der Waals surface area contributed by atoms with Crippen molar-refractivity contribution in [3.63, 3.8) is 0 Å². The number of carbonyl (C=O) groups excluding carboxylic acids is 1. The Morgan fingerprint density at radius 2 is 1.89 bits per heavy atom. The van der Waals surface area contributed by atoms with E-state index in [1.54, 1.807) is 6.07 Å². The predicted octanol–water partition coefficient (Wildman–Crippen LogP) is 3.51. The van der Waals surface area contributed by atoms with Crippen molar-refractivity contribution >= 4 is 11.7 Å². The molecule has 94 valence electrons. The first-order chi connectivity index (χ1) is 8.70. The van der Waals surface area contributed by atoms with Gasteiger partial charge in [0, 0.05) is 26.1 Å². The number of nitrogens with zero attached hydrogens (tertiary/aromatic N) is 1. The molecule has 0 aliphatic carbocycles. The van der Waals surface area contributed by atoms with Gasteiger partial charge in [-0.3, -0.25) is 4.79 Å². The Kier molecular flexibility index (Phi) is 3.82. The lowest BCUT2D eigenvalue weighted by atomic mass is 10.2. The molecule has 1 aromatic heterocycles. The van der Waals surface area contributed by atoms with Crippen molar-refractivity contribution in [2.75, 3.05) is 11.4 Å². The standard InChI is InChI=1S/C15H17NO2/c1-3-16(11-13-7-5-4-6-8-13)15-10-9-14(18-15)12(2)17/h4-10H,3,11H2,1-2H3. The fourth-order valence-corrected chi connectivity index (χ4v) is 1.84. The van der Waals surface area contributed by atoms with E-state index in [0.717, 1.165) is 19.0 Å².